The van der Waals surface area contributed by atoms with E-state index in [0.717, 1.165) is 0 Å². The Morgan fingerprint density at radius 1 is 1.39 bits per heavy atom. The average Bonchev–Trinajstić information content (AvgIpc) is 2.78. The number of ether oxygens (including phenoxy) is 1. The largest absolute Gasteiger partial charge is 0.466 e. The van der Waals surface area contributed by atoms with Crippen molar-refractivity contribution in [1.29, 1.82) is 0 Å². The monoisotopic (exact) mass is 250 g/mol. The van der Waals surface area contributed by atoms with Gasteiger partial charge in [0.1, 0.15) is 12.2 Å². The second kappa shape index (κ2) is 5.39. The summed E-state index contributed by atoms with van der Waals surface area (Å²) in [7, 11) is 0. The molecule has 2 rings (SSSR count). The van der Waals surface area contributed by atoms with Crippen LogP contribution in [-0.2, 0) is 16.0 Å². The molecule has 18 heavy (non-hydrogen) atoms. The van der Waals surface area contributed by atoms with Crippen LogP contribution in [0.15, 0.2) is 28.8 Å². The number of carbonyl (C=O) groups excluding carboxylic acids is 1. The molecular formula is C12H11FN2O3. The van der Waals surface area contributed by atoms with E-state index in [1.807, 2.05) is 0 Å². The number of nitrogens with zero attached hydrogens (tertiary/aromatic N) is 2. The van der Waals surface area contributed by atoms with Crippen LogP contribution >= 0.6 is 0 Å². The maximum Gasteiger partial charge on any atom is 0.315 e. The van der Waals surface area contributed by atoms with Gasteiger partial charge in [-0.25, -0.2) is 4.39 Å². The van der Waals surface area contributed by atoms with Crippen LogP contribution in [0.1, 0.15) is 12.8 Å². The summed E-state index contributed by atoms with van der Waals surface area (Å²) >= 11 is 0. The van der Waals surface area contributed by atoms with Crippen molar-refractivity contribution in [2.24, 2.45) is 0 Å². The zero-order valence-corrected chi connectivity index (χ0v) is 9.72. The van der Waals surface area contributed by atoms with E-state index in [9.17, 15) is 9.18 Å². The molecule has 2 aromatic rings. The summed E-state index contributed by atoms with van der Waals surface area (Å²) in [5.41, 5.74) is 0.621. The third kappa shape index (κ3) is 2.91. The summed E-state index contributed by atoms with van der Waals surface area (Å²) in [6, 6.07) is 5.68. The standard InChI is InChI=1S/C12H11FN2O3/c1-2-17-11(16)7-10-14-12(15-18-10)8-3-5-9(13)6-4-8/h3-6H,2,7H2,1H3. The lowest BCUT2D eigenvalue weighted by Crippen LogP contribution is -2.07. The molecule has 0 aliphatic rings. The number of hydrogen-bond donors (Lipinski definition) is 0. The van der Waals surface area contributed by atoms with Crippen LogP contribution in [0, 0.1) is 5.82 Å². The van der Waals surface area contributed by atoms with Crippen LogP contribution in [0.4, 0.5) is 4.39 Å². The molecule has 0 aliphatic heterocycles. The number of hydrogen-bond acceptors (Lipinski definition) is 5. The molecule has 0 amide bonds. The zero-order chi connectivity index (χ0) is 13.0. The fourth-order valence-corrected chi connectivity index (χ4v) is 1.38. The van der Waals surface area contributed by atoms with E-state index in [2.05, 4.69) is 10.1 Å². The summed E-state index contributed by atoms with van der Waals surface area (Å²) < 4.78 is 22.4. The molecule has 94 valence electrons. The zero-order valence-electron chi connectivity index (χ0n) is 9.72. The minimum atomic E-state index is -0.424. The molecular weight excluding hydrogens is 239 g/mol. The average molecular weight is 250 g/mol. The van der Waals surface area contributed by atoms with E-state index in [-0.39, 0.29) is 18.1 Å². The molecule has 0 N–H and O–H groups in total. The number of benzene rings is 1. The number of halogens is 1. The van der Waals surface area contributed by atoms with Crippen molar-refractivity contribution in [3.63, 3.8) is 0 Å². The van der Waals surface area contributed by atoms with E-state index in [4.69, 9.17) is 9.26 Å². The fourth-order valence-electron chi connectivity index (χ4n) is 1.38. The quantitative estimate of drug-likeness (QED) is 0.776. The van der Waals surface area contributed by atoms with Crippen LogP contribution in [0.2, 0.25) is 0 Å². The van der Waals surface area contributed by atoms with E-state index < -0.39 is 5.97 Å². The van der Waals surface area contributed by atoms with Gasteiger partial charge in [-0.15, -0.1) is 0 Å². The van der Waals surface area contributed by atoms with E-state index in [0.29, 0.717) is 18.0 Å². The Labute approximate surface area is 103 Å². The third-order valence-electron chi connectivity index (χ3n) is 2.17. The molecule has 0 radical (unpaired) electrons. The van der Waals surface area contributed by atoms with Crippen LogP contribution in [0.5, 0.6) is 0 Å². The normalized spacial score (nSPS) is 10.3. The lowest BCUT2D eigenvalue weighted by Gasteiger charge is -1.96. The van der Waals surface area contributed by atoms with Gasteiger partial charge in [0.05, 0.1) is 6.61 Å². The highest BCUT2D eigenvalue weighted by Gasteiger charge is 2.13. The number of aromatic nitrogens is 2. The predicted octanol–water partition coefficient (Wildman–Crippen LogP) is 1.98. The van der Waals surface area contributed by atoms with Crippen molar-refractivity contribution in [3.8, 4) is 11.4 Å². The van der Waals surface area contributed by atoms with Crippen LogP contribution in [-0.4, -0.2) is 22.7 Å². The minimum Gasteiger partial charge on any atom is -0.466 e. The number of esters is 1. The van der Waals surface area contributed by atoms with Crippen molar-refractivity contribution in [1.82, 2.24) is 10.1 Å². The minimum absolute atomic E-state index is 0.0674. The van der Waals surface area contributed by atoms with Gasteiger partial charge in [-0.2, -0.15) is 4.98 Å². The van der Waals surface area contributed by atoms with Gasteiger partial charge in [0.25, 0.3) is 0 Å². The van der Waals surface area contributed by atoms with Crippen LogP contribution in [0.3, 0.4) is 0 Å². The van der Waals surface area contributed by atoms with Gasteiger partial charge in [-0.05, 0) is 31.2 Å². The Kier molecular flexibility index (Phi) is 3.66. The summed E-state index contributed by atoms with van der Waals surface area (Å²) in [5.74, 6) is -0.275. The first-order valence-corrected chi connectivity index (χ1v) is 5.43. The van der Waals surface area contributed by atoms with Crippen molar-refractivity contribution in [2.45, 2.75) is 13.3 Å². The smallest absolute Gasteiger partial charge is 0.315 e. The van der Waals surface area contributed by atoms with Gasteiger partial charge in [0.15, 0.2) is 0 Å². The maximum absolute atomic E-state index is 12.7. The first kappa shape index (κ1) is 12.2. The first-order chi connectivity index (χ1) is 8.69. The molecule has 1 aromatic heterocycles. The molecule has 0 atom stereocenters. The van der Waals surface area contributed by atoms with Gasteiger partial charge in [-0.1, -0.05) is 5.16 Å². The van der Waals surface area contributed by atoms with Crippen molar-refractivity contribution >= 4 is 5.97 Å². The van der Waals surface area contributed by atoms with Gasteiger partial charge in [0.2, 0.25) is 11.7 Å². The molecule has 1 heterocycles. The number of rotatable bonds is 4. The third-order valence-corrected chi connectivity index (χ3v) is 2.17. The second-order valence-corrected chi connectivity index (χ2v) is 3.50. The van der Waals surface area contributed by atoms with Crippen molar-refractivity contribution < 1.29 is 18.4 Å². The molecule has 6 heteroatoms. The second-order valence-electron chi connectivity index (χ2n) is 3.50. The van der Waals surface area contributed by atoms with E-state index in [1.165, 1.54) is 24.3 Å². The fraction of sp³-hybridized carbons (Fsp3) is 0.250. The highest BCUT2D eigenvalue weighted by atomic mass is 19.1. The van der Waals surface area contributed by atoms with Crippen molar-refractivity contribution in [3.05, 3.63) is 36.0 Å². The molecule has 5 nitrogen and oxygen atoms in total. The Morgan fingerprint density at radius 3 is 2.78 bits per heavy atom. The number of carbonyl (C=O) groups is 1. The maximum atomic E-state index is 12.7. The topological polar surface area (TPSA) is 65.2 Å². The predicted molar refractivity (Wildman–Crippen MR) is 60.0 cm³/mol. The molecule has 0 saturated heterocycles. The molecule has 0 fully saturated rings. The van der Waals surface area contributed by atoms with Crippen molar-refractivity contribution in [2.75, 3.05) is 6.61 Å². The van der Waals surface area contributed by atoms with E-state index in [1.54, 1.807) is 6.92 Å². The van der Waals surface area contributed by atoms with Gasteiger partial charge in [0, 0.05) is 5.56 Å². The molecule has 0 bridgehead atoms. The van der Waals surface area contributed by atoms with Gasteiger partial charge >= 0.3 is 5.97 Å². The Hall–Kier alpha value is -2.24. The summed E-state index contributed by atoms with van der Waals surface area (Å²) in [5, 5.41) is 3.71. The first-order valence-electron chi connectivity index (χ1n) is 5.43. The molecule has 1 aromatic carbocycles. The molecule has 0 unspecified atom stereocenters. The molecule has 0 aliphatic carbocycles. The highest BCUT2D eigenvalue weighted by molar-refractivity contribution is 5.71. The summed E-state index contributed by atoms with van der Waals surface area (Å²) in [6.07, 6.45) is -0.0674. The lowest BCUT2D eigenvalue weighted by atomic mass is 10.2. The van der Waals surface area contributed by atoms with E-state index >= 15 is 0 Å². The Bertz CT molecular complexity index is 537. The summed E-state index contributed by atoms with van der Waals surface area (Å²) in [6.45, 7) is 2.02. The Morgan fingerprint density at radius 2 is 2.11 bits per heavy atom. The van der Waals surface area contributed by atoms with Crippen LogP contribution < -0.4 is 0 Å². The molecule has 0 saturated carbocycles. The lowest BCUT2D eigenvalue weighted by molar-refractivity contribution is -0.142. The SMILES string of the molecule is CCOC(=O)Cc1nc(-c2ccc(F)cc2)no1. The van der Waals surface area contributed by atoms with Gasteiger partial charge in [-0.3, -0.25) is 4.79 Å². The summed E-state index contributed by atoms with van der Waals surface area (Å²) in [4.78, 5) is 15.2. The highest BCUT2D eigenvalue weighted by Crippen LogP contribution is 2.16. The van der Waals surface area contributed by atoms with Crippen LogP contribution in [0.25, 0.3) is 11.4 Å². The Balaban J connectivity index is 2.10. The molecule has 0 spiro atoms. The van der Waals surface area contributed by atoms with Gasteiger partial charge < -0.3 is 9.26 Å².